The van der Waals surface area contributed by atoms with E-state index in [4.69, 9.17) is 4.74 Å². The van der Waals surface area contributed by atoms with Gasteiger partial charge in [0.1, 0.15) is 5.75 Å². The average Bonchev–Trinajstić information content (AvgIpc) is 2.56. The van der Waals surface area contributed by atoms with Crippen molar-refractivity contribution in [3.05, 3.63) is 29.3 Å². The highest BCUT2D eigenvalue weighted by atomic mass is 127. The fourth-order valence-electron chi connectivity index (χ4n) is 1.89. The molecule has 0 aliphatic carbocycles. The smallest absolute Gasteiger partial charge is 0.422 e. The number of hydrogen-bond donors (Lipinski definition) is 2. The average molecular weight is 489 g/mol. The van der Waals surface area contributed by atoms with Crippen LogP contribution >= 0.6 is 24.0 Å². The second-order valence-electron chi connectivity index (χ2n) is 5.19. The molecule has 0 saturated carbocycles. The van der Waals surface area contributed by atoms with Crippen LogP contribution in [0.4, 0.5) is 13.2 Å². The number of nitrogens with zero attached hydrogens (tertiary/aromatic N) is 1. The Kier molecular flexibility index (Phi) is 11.0. The zero-order valence-electron chi connectivity index (χ0n) is 14.8. The molecule has 0 saturated heterocycles. The summed E-state index contributed by atoms with van der Waals surface area (Å²) in [6.07, 6.45) is -4.23. The maximum Gasteiger partial charge on any atom is 0.422 e. The van der Waals surface area contributed by atoms with Crippen molar-refractivity contribution >= 4 is 35.9 Å². The molecule has 6 nitrogen and oxygen atoms in total. The first-order chi connectivity index (χ1) is 11.7. The van der Waals surface area contributed by atoms with Crippen molar-refractivity contribution in [1.29, 1.82) is 0 Å². The Hall–Kier alpha value is -1.72. The third kappa shape index (κ3) is 9.68. The minimum Gasteiger partial charge on any atom is -0.484 e. The van der Waals surface area contributed by atoms with Crippen molar-refractivity contribution in [2.75, 3.05) is 27.3 Å². The van der Waals surface area contributed by atoms with Crippen LogP contribution in [0.3, 0.4) is 0 Å². The number of alkyl halides is 3. The van der Waals surface area contributed by atoms with E-state index in [1.807, 2.05) is 0 Å². The van der Waals surface area contributed by atoms with E-state index in [0.717, 1.165) is 5.56 Å². The first-order valence-electron chi connectivity index (χ1n) is 7.55. The van der Waals surface area contributed by atoms with Gasteiger partial charge in [0.2, 0.25) is 0 Å². The summed E-state index contributed by atoms with van der Waals surface area (Å²) in [6, 6.07) is 5.02. The minimum atomic E-state index is -4.40. The monoisotopic (exact) mass is 489 g/mol. The van der Waals surface area contributed by atoms with Crippen LogP contribution in [0.2, 0.25) is 0 Å². The molecule has 0 atom stereocenters. The van der Waals surface area contributed by atoms with Gasteiger partial charge in [-0.15, -0.1) is 24.0 Å². The van der Waals surface area contributed by atoms with E-state index in [1.165, 1.54) is 7.11 Å². The summed E-state index contributed by atoms with van der Waals surface area (Å²) in [5.74, 6) is 0.213. The van der Waals surface area contributed by atoms with Crippen molar-refractivity contribution in [2.24, 2.45) is 4.99 Å². The molecule has 0 bridgehead atoms. The lowest BCUT2D eigenvalue weighted by Gasteiger charge is -2.16. The molecule has 1 aromatic rings. The molecule has 1 aromatic carbocycles. The van der Waals surface area contributed by atoms with Gasteiger partial charge in [0.15, 0.2) is 12.6 Å². The summed E-state index contributed by atoms with van der Waals surface area (Å²) in [4.78, 5) is 15.0. The number of aryl methyl sites for hydroxylation is 1. The standard InChI is InChI=1S/C16H22F3N3O3.HI/c1-11-4-5-12(13(8-11)25-10-16(17,18)19)9-22-15(20-2)21-7-6-14(23)24-3;/h4-5,8H,6-7,9-10H2,1-3H3,(H2,20,21,22);1H. The van der Waals surface area contributed by atoms with Crippen LogP contribution in [0.1, 0.15) is 17.5 Å². The predicted octanol–water partition coefficient (Wildman–Crippen LogP) is 2.78. The molecule has 0 aromatic heterocycles. The van der Waals surface area contributed by atoms with Crippen molar-refractivity contribution in [1.82, 2.24) is 10.6 Å². The summed E-state index contributed by atoms with van der Waals surface area (Å²) in [7, 11) is 2.85. The normalized spacial score (nSPS) is 11.4. The summed E-state index contributed by atoms with van der Waals surface area (Å²) in [5.41, 5.74) is 1.35. The zero-order chi connectivity index (χ0) is 18.9. The second kappa shape index (κ2) is 11.8. The van der Waals surface area contributed by atoms with Gasteiger partial charge in [-0.2, -0.15) is 13.2 Å². The summed E-state index contributed by atoms with van der Waals surface area (Å²) in [5, 5.41) is 5.87. The van der Waals surface area contributed by atoms with E-state index in [-0.39, 0.29) is 48.7 Å². The number of hydrogen-bond acceptors (Lipinski definition) is 4. The van der Waals surface area contributed by atoms with Crippen LogP contribution in [0.5, 0.6) is 5.75 Å². The second-order valence-corrected chi connectivity index (χ2v) is 5.19. The molecular formula is C16H23F3IN3O3. The number of benzene rings is 1. The van der Waals surface area contributed by atoms with Gasteiger partial charge in [0.05, 0.1) is 13.5 Å². The Balaban J connectivity index is 0.00000625. The fraction of sp³-hybridized carbons (Fsp3) is 0.500. The first kappa shape index (κ1) is 24.3. The topological polar surface area (TPSA) is 72.0 Å². The van der Waals surface area contributed by atoms with Crippen LogP contribution in [-0.2, 0) is 16.1 Å². The lowest BCUT2D eigenvalue weighted by molar-refractivity contribution is -0.153. The Morgan fingerprint density at radius 1 is 1.27 bits per heavy atom. The Morgan fingerprint density at radius 2 is 1.96 bits per heavy atom. The summed E-state index contributed by atoms with van der Waals surface area (Å²) >= 11 is 0. The number of carbonyl (C=O) groups is 1. The van der Waals surface area contributed by atoms with Crippen molar-refractivity contribution in [2.45, 2.75) is 26.1 Å². The highest BCUT2D eigenvalue weighted by molar-refractivity contribution is 14.0. The van der Waals surface area contributed by atoms with Gasteiger partial charge in [-0.1, -0.05) is 12.1 Å². The molecule has 148 valence electrons. The maximum absolute atomic E-state index is 12.4. The van der Waals surface area contributed by atoms with Gasteiger partial charge in [-0.25, -0.2) is 0 Å². The molecule has 0 heterocycles. The van der Waals surface area contributed by atoms with Gasteiger partial charge in [-0.3, -0.25) is 9.79 Å². The van der Waals surface area contributed by atoms with E-state index in [9.17, 15) is 18.0 Å². The van der Waals surface area contributed by atoms with Crippen molar-refractivity contribution in [3.63, 3.8) is 0 Å². The molecule has 0 radical (unpaired) electrons. The highest BCUT2D eigenvalue weighted by Gasteiger charge is 2.28. The quantitative estimate of drug-likeness (QED) is 0.267. The number of aliphatic imine (C=N–C) groups is 1. The number of halogens is 4. The van der Waals surface area contributed by atoms with E-state index in [1.54, 1.807) is 32.2 Å². The lowest BCUT2D eigenvalue weighted by Crippen LogP contribution is -2.38. The third-order valence-electron chi connectivity index (χ3n) is 3.13. The number of esters is 1. The highest BCUT2D eigenvalue weighted by Crippen LogP contribution is 2.23. The van der Waals surface area contributed by atoms with Crippen LogP contribution < -0.4 is 15.4 Å². The van der Waals surface area contributed by atoms with E-state index < -0.39 is 12.8 Å². The molecule has 10 heteroatoms. The largest absolute Gasteiger partial charge is 0.484 e. The molecule has 0 spiro atoms. The van der Waals surface area contributed by atoms with E-state index in [0.29, 0.717) is 18.1 Å². The third-order valence-corrected chi connectivity index (χ3v) is 3.13. The maximum atomic E-state index is 12.4. The molecule has 0 unspecified atom stereocenters. The molecule has 0 amide bonds. The number of rotatable bonds is 7. The van der Waals surface area contributed by atoms with Crippen LogP contribution in [0.25, 0.3) is 0 Å². The minimum absolute atomic E-state index is 0. The predicted molar refractivity (Wildman–Crippen MR) is 103 cm³/mol. The molecule has 26 heavy (non-hydrogen) atoms. The van der Waals surface area contributed by atoms with Gasteiger partial charge in [0, 0.05) is 25.7 Å². The lowest BCUT2D eigenvalue weighted by atomic mass is 10.1. The number of guanidine groups is 1. The van der Waals surface area contributed by atoms with Gasteiger partial charge >= 0.3 is 12.1 Å². The molecular weight excluding hydrogens is 466 g/mol. The van der Waals surface area contributed by atoms with Gasteiger partial charge in [-0.05, 0) is 18.6 Å². The number of nitrogens with one attached hydrogen (secondary N) is 2. The van der Waals surface area contributed by atoms with Crippen LogP contribution in [0, 0.1) is 6.92 Å². The Morgan fingerprint density at radius 3 is 2.54 bits per heavy atom. The molecule has 1 rings (SSSR count). The van der Waals surface area contributed by atoms with Crippen molar-refractivity contribution < 1.29 is 27.4 Å². The van der Waals surface area contributed by atoms with E-state index >= 15 is 0 Å². The van der Waals surface area contributed by atoms with E-state index in [2.05, 4.69) is 20.4 Å². The van der Waals surface area contributed by atoms with Crippen LogP contribution in [0.15, 0.2) is 23.2 Å². The fourth-order valence-corrected chi connectivity index (χ4v) is 1.89. The summed E-state index contributed by atoms with van der Waals surface area (Å²) < 4.78 is 46.5. The summed E-state index contributed by atoms with van der Waals surface area (Å²) in [6.45, 7) is 0.948. The number of carbonyl (C=O) groups excluding carboxylic acids is 1. The first-order valence-corrected chi connectivity index (χ1v) is 7.55. The molecule has 2 N–H and O–H groups in total. The number of methoxy groups -OCH3 is 1. The molecule has 0 aliphatic heterocycles. The zero-order valence-corrected chi connectivity index (χ0v) is 17.1. The Bertz CT molecular complexity index is 610. The SMILES string of the molecule is CN=C(NCCC(=O)OC)NCc1ccc(C)cc1OCC(F)(F)F.I. The molecule has 0 fully saturated rings. The van der Waals surface area contributed by atoms with Crippen LogP contribution in [-0.4, -0.2) is 45.4 Å². The molecule has 0 aliphatic rings. The van der Waals surface area contributed by atoms with Gasteiger partial charge in [0.25, 0.3) is 0 Å². The van der Waals surface area contributed by atoms with Gasteiger partial charge < -0.3 is 20.1 Å². The van der Waals surface area contributed by atoms with Crippen molar-refractivity contribution in [3.8, 4) is 5.75 Å². The Labute approximate surface area is 167 Å². The number of ether oxygens (including phenoxy) is 2.